The zero-order valence-corrected chi connectivity index (χ0v) is 18.9. The minimum Gasteiger partial charge on any atom is -0.386 e. The van der Waals surface area contributed by atoms with Gasteiger partial charge in [0.1, 0.15) is 0 Å². The third-order valence-corrected chi connectivity index (χ3v) is 6.25. The second kappa shape index (κ2) is 7.92. The van der Waals surface area contributed by atoms with E-state index in [4.69, 9.17) is 5.73 Å². The van der Waals surface area contributed by atoms with Crippen LogP contribution in [0.15, 0.2) is 48.5 Å². The highest BCUT2D eigenvalue weighted by atomic mass is 16.3. The summed E-state index contributed by atoms with van der Waals surface area (Å²) in [7, 11) is 0. The summed E-state index contributed by atoms with van der Waals surface area (Å²) < 4.78 is 0. The Kier molecular flexibility index (Phi) is 5.39. The number of carbonyl (C=O) groups excluding carboxylic acids is 2. The number of benzene rings is 3. The van der Waals surface area contributed by atoms with Crippen LogP contribution in [0, 0.1) is 6.92 Å². The molecule has 3 aromatic carbocycles. The number of rotatable bonds is 5. The molecule has 0 saturated carbocycles. The Hall–Kier alpha value is -3.44. The molecule has 1 aliphatic carbocycles. The first-order valence-corrected chi connectivity index (χ1v) is 10.8. The predicted molar refractivity (Wildman–Crippen MR) is 128 cm³/mol. The van der Waals surface area contributed by atoms with Crippen molar-refractivity contribution in [3.63, 3.8) is 0 Å². The molecule has 0 unspecified atom stereocenters. The molecular formula is C27H28N2O3. The summed E-state index contributed by atoms with van der Waals surface area (Å²) >= 11 is 0. The van der Waals surface area contributed by atoms with Crippen LogP contribution in [-0.4, -0.2) is 16.9 Å². The second-order valence-corrected chi connectivity index (χ2v) is 8.87. The minimum absolute atomic E-state index is 0.0379. The first-order valence-electron chi connectivity index (χ1n) is 10.8. The molecule has 0 atom stereocenters. The lowest BCUT2D eigenvalue weighted by Crippen LogP contribution is -2.15. The topological polar surface area (TPSA) is 92.4 Å². The fourth-order valence-electron chi connectivity index (χ4n) is 4.45. The summed E-state index contributed by atoms with van der Waals surface area (Å²) in [6.07, 6.45) is 0.981. The normalized spacial score (nSPS) is 12.3. The van der Waals surface area contributed by atoms with E-state index in [0.29, 0.717) is 18.4 Å². The molecule has 4 rings (SSSR count). The number of anilines is 1. The lowest BCUT2D eigenvalue weighted by molar-refractivity contribution is -0.115. The molecule has 0 aliphatic heterocycles. The smallest absolute Gasteiger partial charge is 0.249 e. The number of aliphatic hydroxyl groups is 1. The van der Waals surface area contributed by atoms with Crippen LogP contribution in [-0.2, 0) is 16.8 Å². The van der Waals surface area contributed by atoms with Crippen molar-refractivity contribution in [2.24, 2.45) is 5.73 Å². The third kappa shape index (κ3) is 3.69. The summed E-state index contributed by atoms with van der Waals surface area (Å²) in [5, 5.41) is 13.4. The van der Waals surface area contributed by atoms with Gasteiger partial charge in [-0.1, -0.05) is 43.3 Å². The molecule has 1 aliphatic rings. The van der Waals surface area contributed by atoms with E-state index in [1.165, 1.54) is 0 Å². The van der Waals surface area contributed by atoms with Crippen molar-refractivity contribution < 1.29 is 14.7 Å². The molecule has 4 N–H and O–H groups in total. The first kappa shape index (κ1) is 21.8. The van der Waals surface area contributed by atoms with E-state index in [1.807, 2.05) is 56.3 Å². The highest BCUT2D eigenvalue weighted by Gasteiger charge is 2.29. The Morgan fingerprint density at radius 3 is 2.44 bits per heavy atom. The van der Waals surface area contributed by atoms with Gasteiger partial charge >= 0.3 is 0 Å². The summed E-state index contributed by atoms with van der Waals surface area (Å²) in [6.45, 7) is 7.33. The van der Waals surface area contributed by atoms with Crippen molar-refractivity contribution in [3.05, 3.63) is 76.3 Å². The molecule has 0 bridgehead atoms. The molecule has 0 aromatic heterocycles. The van der Waals surface area contributed by atoms with Crippen LogP contribution in [0.3, 0.4) is 0 Å². The van der Waals surface area contributed by atoms with Crippen LogP contribution >= 0.6 is 0 Å². The van der Waals surface area contributed by atoms with Gasteiger partial charge in [-0.15, -0.1) is 0 Å². The summed E-state index contributed by atoms with van der Waals surface area (Å²) in [6, 6.07) is 15.5. The lowest BCUT2D eigenvalue weighted by Gasteiger charge is -2.19. The maximum Gasteiger partial charge on any atom is 0.249 e. The Morgan fingerprint density at radius 1 is 1.06 bits per heavy atom. The van der Waals surface area contributed by atoms with Gasteiger partial charge in [0, 0.05) is 17.7 Å². The number of hydrogen-bond donors (Lipinski definition) is 3. The van der Waals surface area contributed by atoms with Crippen LogP contribution < -0.4 is 11.1 Å². The SMILES string of the molecule is CCC(=O)Nc1cccc(-c2ccc(C(N)=O)c3c2-c2ccc(C(C)(C)O)cc2C3)c1C. The van der Waals surface area contributed by atoms with Gasteiger partial charge < -0.3 is 16.2 Å². The molecule has 32 heavy (non-hydrogen) atoms. The monoisotopic (exact) mass is 428 g/mol. The van der Waals surface area contributed by atoms with Gasteiger partial charge in [0.15, 0.2) is 0 Å². The van der Waals surface area contributed by atoms with Crippen molar-refractivity contribution in [2.75, 3.05) is 5.32 Å². The van der Waals surface area contributed by atoms with E-state index in [9.17, 15) is 14.7 Å². The van der Waals surface area contributed by atoms with Crippen LogP contribution in [0.1, 0.15) is 59.8 Å². The molecule has 0 spiro atoms. The number of amides is 2. The van der Waals surface area contributed by atoms with Gasteiger partial charge in [0.25, 0.3) is 0 Å². The predicted octanol–water partition coefficient (Wildman–Crippen LogP) is 4.91. The number of hydrogen-bond acceptors (Lipinski definition) is 3. The second-order valence-electron chi connectivity index (χ2n) is 8.87. The molecular weight excluding hydrogens is 400 g/mol. The highest BCUT2D eigenvalue weighted by Crippen LogP contribution is 2.46. The van der Waals surface area contributed by atoms with Gasteiger partial charge in [-0.05, 0) is 83.8 Å². The average Bonchev–Trinajstić information content (AvgIpc) is 3.12. The Labute approximate surface area is 188 Å². The Morgan fingerprint density at radius 2 is 1.78 bits per heavy atom. The van der Waals surface area contributed by atoms with E-state index >= 15 is 0 Å². The van der Waals surface area contributed by atoms with Crippen molar-refractivity contribution in [2.45, 2.75) is 46.1 Å². The largest absolute Gasteiger partial charge is 0.386 e. The van der Waals surface area contributed by atoms with Crippen molar-refractivity contribution in [1.82, 2.24) is 0 Å². The Balaban J connectivity index is 1.93. The van der Waals surface area contributed by atoms with Crippen LogP contribution in [0.5, 0.6) is 0 Å². The molecule has 3 aromatic rings. The number of carbonyl (C=O) groups is 2. The van der Waals surface area contributed by atoms with Gasteiger partial charge in [-0.2, -0.15) is 0 Å². The van der Waals surface area contributed by atoms with Crippen LogP contribution in [0.2, 0.25) is 0 Å². The van der Waals surface area contributed by atoms with E-state index in [0.717, 1.165) is 50.2 Å². The van der Waals surface area contributed by atoms with E-state index < -0.39 is 11.5 Å². The maximum absolute atomic E-state index is 12.2. The van der Waals surface area contributed by atoms with E-state index in [-0.39, 0.29) is 5.91 Å². The first-order chi connectivity index (χ1) is 15.1. The molecule has 5 heteroatoms. The van der Waals surface area contributed by atoms with Crippen LogP contribution in [0.25, 0.3) is 22.3 Å². The van der Waals surface area contributed by atoms with Gasteiger partial charge in [0.05, 0.1) is 5.60 Å². The van der Waals surface area contributed by atoms with Gasteiger partial charge in [-0.25, -0.2) is 0 Å². The average molecular weight is 429 g/mol. The molecule has 164 valence electrons. The van der Waals surface area contributed by atoms with E-state index in [1.54, 1.807) is 19.9 Å². The Bertz CT molecular complexity index is 1250. The molecule has 0 saturated heterocycles. The van der Waals surface area contributed by atoms with Crippen molar-refractivity contribution in [1.29, 1.82) is 0 Å². The summed E-state index contributed by atoms with van der Waals surface area (Å²) in [5.74, 6) is -0.493. The van der Waals surface area contributed by atoms with E-state index in [2.05, 4.69) is 5.32 Å². The zero-order chi connectivity index (χ0) is 23.2. The van der Waals surface area contributed by atoms with Crippen molar-refractivity contribution in [3.8, 4) is 22.3 Å². The summed E-state index contributed by atoms with van der Waals surface area (Å²) in [4.78, 5) is 24.2. The molecule has 2 amide bonds. The van der Waals surface area contributed by atoms with Gasteiger partial charge in [0.2, 0.25) is 11.8 Å². The summed E-state index contributed by atoms with van der Waals surface area (Å²) in [5.41, 5.74) is 13.8. The van der Waals surface area contributed by atoms with Crippen molar-refractivity contribution >= 4 is 17.5 Å². The van der Waals surface area contributed by atoms with Crippen LogP contribution in [0.4, 0.5) is 5.69 Å². The number of nitrogens with two attached hydrogens (primary N) is 1. The molecule has 5 nitrogen and oxygen atoms in total. The maximum atomic E-state index is 12.2. The molecule has 0 heterocycles. The number of nitrogens with one attached hydrogen (secondary N) is 1. The van der Waals surface area contributed by atoms with Gasteiger partial charge in [-0.3, -0.25) is 9.59 Å². The third-order valence-electron chi connectivity index (χ3n) is 6.25. The number of primary amides is 1. The molecule has 0 radical (unpaired) electrons. The fraction of sp³-hybridized carbons (Fsp3) is 0.259. The quantitative estimate of drug-likeness (QED) is 0.422. The fourth-order valence-corrected chi connectivity index (χ4v) is 4.45. The molecule has 0 fully saturated rings. The number of fused-ring (bicyclic) bond motifs is 3. The lowest BCUT2D eigenvalue weighted by atomic mass is 9.88. The zero-order valence-electron chi connectivity index (χ0n) is 18.9. The highest BCUT2D eigenvalue weighted by molar-refractivity contribution is 6.02. The standard InChI is InChI=1S/C27H28N2O3/c1-5-24(30)29-23-8-6-7-18(15(23)2)20-11-12-21(26(28)31)22-14-16-13-17(27(3,4)32)9-10-19(16)25(20)22/h6-13,32H,5,14H2,1-4H3,(H2,28,31)(H,29,30). The minimum atomic E-state index is -0.957.